The Bertz CT molecular complexity index is 805. The number of nitrogens with zero attached hydrogens (tertiary/aromatic N) is 1. The summed E-state index contributed by atoms with van der Waals surface area (Å²) in [5.74, 6) is 0.313. The van der Waals surface area contributed by atoms with E-state index in [4.69, 9.17) is 4.74 Å². The van der Waals surface area contributed by atoms with Crippen molar-refractivity contribution in [1.29, 1.82) is 0 Å². The normalized spacial score (nSPS) is 16.3. The van der Waals surface area contributed by atoms with E-state index in [1.807, 2.05) is 18.2 Å². The highest BCUT2D eigenvalue weighted by atomic mass is 79.9. The smallest absolute Gasteiger partial charge is 0.298 e. The van der Waals surface area contributed by atoms with Crippen molar-refractivity contribution in [2.75, 3.05) is 12.0 Å². The van der Waals surface area contributed by atoms with Gasteiger partial charge in [0.1, 0.15) is 5.75 Å². The quantitative estimate of drug-likeness (QED) is 0.713. The van der Waals surface area contributed by atoms with E-state index in [-0.39, 0.29) is 11.1 Å². The second kappa shape index (κ2) is 6.60. The van der Waals surface area contributed by atoms with E-state index in [1.54, 1.807) is 43.5 Å². The number of carbonyl (C=O) groups is 2. The number of halogens is 1. The number of hydrogen-bond acceptors (Lipinski definition) is 4. The zero-order chi connectivity index (χ0) is 16.4. The summed E-state index contributed by atoms with van der Waals surface area (Å²) in [6.45, 7) is 0. The molecule has 2 aromatic rings. The van der Waals surface area contributed by atoms with Crippen LogP contribution in [0.5, 0.6) is 5.75 Å². The second-order valence-electron chi connectivity index (χ2n) is 4.74. The first-order valence-electron chi connectivity index (χ1n) is 6.76. The molecule has 1 fully saturated rings. The Balaban J connectivity index is 1.98. The van der Waals surface area contributed by atoms with Crippen LogP contribution in [0.25, 0.3) is 6.08 Å². The number of hydrogen-bond donors (Lipinski definition) is 0. The van der Waals surface area contributed by atoms with Gasteiger partial charge in [0, 0.05) is 10.0 Å². The fraction of sp³-hybridized carbons (Fsp3) is 0.0588. The maximum absolute atomic E-state index is 12.6. The van der Waals surface area contributed by atoms with Crippen LogP contribution in [0.1, 0.15) is 5.56 Å². The van der Waals surface area contributed by atoms with Gasteiger partial charge in [-0.1, -0.05) is 34.1 Å². The van der Waals surface area contributed by atoms with Crippen molar-refractivity contribution in [3.05, 3.63) is 63.5 Å². The van der Waals surface area contributed by atoms with E-state index in [9.17, 15) is 9.59 Å². The molecule has 0 unspecified atom stereocenters. The van der Waals surface area contributed by atoms with Crippen LogP contribution in [0.2, 0.25) is 0 Å². The zero-order valence-corrected chi connectivity index (χ0v) is 14.6. The number of benzene rings is 2. The number of carbonyl (C=O) groups excluding carboxylic acids is 2. The van der Waals surface area contributed by atoms with Gasteiger partial charge in [0.2, 0.25) is 0 Å². The third-order valence-corrected chi connectivity index (χ3v) is 4.65. The molecule has 4 nitrogen and oxygen atoms in total. The molecule has 6 heteroatoms. The number of imide groups is 1. The van der Waals surface area contributed by atoms with Gasteiger partial charge in [0.15, 0.2) is 0 Å². The molecule has 2 aromatic carbocycles. The lowest BCUT2D eigenvalue weighted by molar-refractivity contribution is -0.113. The van der Waals surface area contributed by atoms with Crippen LogP contribution in [-0.4, -0.2) is 18.3 Å². The lowest BCUT2D eigenvalue weighted by Gasteiger charge is -2.11. The average Bonchev–Trinajstić information content (AvgIpc) is 2.82. The molecule has 1 aliphatic heterocycles. The van der Waals surface area contributed by atoms with E-state index < -0.39 is 0 Å². The summed E-state index contributed by atoms with van der Waals surface area (Å²) in [5, 5.41) is -0.304. The van der Waals surface area contributed by atoms with Crippen molar-refractivity contribution in [3.8, 4) is 5.75 Å². The lowest BCUT2D eigenvalue weighted by Crippen LogP contribution is -2.27. The van der Waals surface area contributed by atoms with Crippen LogP contribution < -0.4 is 9.64 Å². The topological polar surface area (TPSA) is 46.6 Å². The highest BCUT2D eigenvalue weighted by Crippen LogP contribution is 2.37. The fourth-order valence-electron chi connectivity index (χ4n) is 2.23. The third-order valence-electron chi connectivity index (χ3n) is 3.29. The molecule has 1 aliphatic rings. The van der Waals surface area contributed by atoms with Gasteiger partial charge in [-0.3, -0.25) is 9.59 Å². The Kier molecular flexibility index (Phi) is 4.54. The number of rotatable bonds is 3. The van der Waals surface area contributed by atoms with Crippen LogP contribution in [-0.2, 0) is 4.79 Å². The van der Waals surface area contributed by atoms with Gasteiger partial charge in [-0.05, 0) is 48.2 Å². The van der Waals surface area contributed by atoms with Crippen LogP contribution in [0.4, 0.5) is 10.5 Å². The van der Waals surface area contributed by atoms with E-state index in [0.717, 1.165) is 21.8 Å². The summed E-state index contributed by atoms with van der Waals surface area (Å²) >= 11 is 4.32. The highest BCUT2D eigenvalue weighted by molar-refractivity contribution is 9.10. The number of anilines is 1. The van der Waals surface area contributed by atoms with E-state index in [2.05, 4.69) is 15.9 Å². The summed E-state index contributed by atoms with van der Waals surface area (Å²) in [7, 11) is 1.57. The molecular weight excluding hydrogens is 378 g/mol. The standard InChI is InChI=1S/C17H12BrNO3S/c1-22-14-8-7-12(18)9-11(14)10-15-16(20)19(17(21)23-15)13-5-3-2-4-6-13/h2-10H,1H3/b15-10-. The Morgan fingerprint density at radius 3 is 2.57 bits per heavy atom. The van der Waals surface area contributed by atoms with Gasteiger partial charge in [-0.2, -0.15) is 0 Å². The first kappa shape index (κ1) is 15.8. The maximum atomic E-state index is 12.6. The maximum Gasteiger partial charge on any atom is 0.298 e. The van der Waals surface area contributed by atoms with E-state index in [0.29, 0.717) is 16.3 Å². The highest BCUT2D eigenvalue weighted by Gasteiger charge is 2.36. The molecule has 1 saturated heterocycles. The molecule has 0 radical (unpaired) electrons. The predicted molar refractivity (Wildman–Crippen MR) is 95.6 cm³/mol. The number of ether oxygens (including phenoxy) is 1. The zero-order valence-electron chi connectivity index (χ0n) is 12.2. The summed E-state index contributed by atoms with van der Waals surface area (Å²) in [6.07, 6.45) is 1.68. The summed E-state index contributed by atoms with van der Waals surface area (Å²) < 4.78 is 6.17. The SMILES string of the molecule is COc1ccc(Br)cc1/C=C1\SC(=O)N(c2ccccc2)C1=O. The Labute approximate surface area is 146 Å². The van der Waals surface area contributed by atoms with Crippen LogP contribution in [0.3, 0.4) is 0 Å². The number of thioether (sulfide) groups is 1. The number of para-hydroxylation sites is 1. The van der Waals surface area contributed by atoms with Crippen molar-refractivity contribution in [1.82, 2.24) is 0 Å². The Hall–Kier alpha value is -2.05. The van der Waals surface area contributed by atoms with E-state index in [1.165, 1.54) is 4.90 Å². The molecule has 116 valence electrons. The summed E-state index contributed by atoms with van der Waals surface area (Å²) in [5.41, 5.74) is 1.31. The van der Waals surface area contributed by atoms with Crippen molar-refractivity contribution < 1.29 is 14.3 Å². The molecule has 0 spiro atoms. The Morgan fingerprint density at radius 2 is 1.87 bits per heavy atom. The third kappa shape index (κ3) is 3.18. The Morgan fingerprint density at radius 1 is 1.13 bits per heavy atom. The average molecular weight is 390 g/mol. The first-order chi connectivity index (χ1) is 11.1. The molecule has 0 saturated carbocycles. The molecule has 1 heterocycles. The van der Waals surface area contributed by atoms with Gasteiger partial charge in [-0.15, -0.1) is 0 Å². The molecule has 3 rings (SSSR count). The van der Waals surface area contributed by atoms with E-state index >= 15 is 0 Å². The fourth-order valence-corrected chi connectivity index (χ4v) is 3.44. The van der Waals surface area contributed by atoms with Crippen LogP contribution >= 0.6 is 27.7 Å². The molecule has 0 bridgehead atoms. The molecule has 0 aliphatic carbocycles. The minimum atomic E-state index is -0.326. The molecular formula is C17H12BrNO3S. The second-order valence-corrected chi connectivity index (χ2v) is 6.65. The summed E-state index contributed by atoms with van der Waals surface area (Å²) in [4.78, 5) is 26.3. The van der Waals surface area contributed by atoms with Gasteiger partial charge in [0.05, 0.1) is 17.7 Å². The monoisotopic (exact) mass is 389 g/mol. The molecule has 0 atom stereocenters. The summed E-state index contributed by atoms with van der Waals surface area (Å²) in [6, 6.07) is 14.4. The largest absolute Gasteiger partial charge is 0.496 e. The van der Waals surface area contributed by atoms with Gasteiger partial charge >= 0.3 is 0 Å². The predicted octanol–water partition coefficient (Wildman–Crippen LogP) is 4.70. The van der Waals surface area contributed by atoms with Crippen LogP contribution in [0.15, 0.2) is 57.9 Å². The minimum Gasteiger partial charge on any atom is -0.496 e. The number of amides is 2. The molecule has 23 heavy (non-hydrogen) atoms. The van der Waals surface area contributed by atoms with Crippen molar-refractivity contribution >= 4 is 50.6 Å². The molecule has 2 amide bonds. The van der Waals surface area contributed by atoms with Gasteiger partial charge < -0.3 is 4.74 Å². The molecule has 0 N–H and O–H groups in total. The lowest BCUT2D eigenvalue weighted by atomic mass is 10.2. The van der Waals surface area contributed by atoms with Crippen molar-refractivity contribution in [2.24, 2.45) is 0 Å². The number of methoxy groups -OCH3 is 1. The minimum absolute atomic E-state index is 0.304. The van der Waals surface area contributed by atoms with Crippen molar-refractivity contribution in [2.45, 2.75) is 0 Å². The van der Waals surface area contributed by atoms with Crippen LogP contribution in [0, 0.1) is 0 Å². The van der Waals surface area contributed by atoms with Gasteiger partial charge in [-0.25, -0.2) is 4.90 Å². The molecule has 0 aromatic heterocycles. The first-order valence-corrected chi connectivity index (χ1v) is 8.37. The van der Waals surface area contributed by atoms with Gasteiger partial charge in [0.25, 0.3) is 11.1 Å². The van der Waals surface area contributed by atoms with Crippen molar-refractivity contribution in [3.63, 3.8) is 0 Å².